The Morgan fingerprint density at radius 2 is 1.57 bits per heavy atom. The molecule has 1 N–H and O–H groups in total. The Kier molecular flexibility index (Phi) is 10.5. The topological polar surface area (TPSA) is 66.0 Å². The van der Waals surface area contributed by atoms with Crippen molar-refractivity contribution in [1.82, 2.24) is 0 Å². The Balaban J connectivity index is 1.96. The first kappa shape index (κ1) is 19.2. The number of nitrogens with one attached hydrogen (secondary N) is 1. The van der Waals surface area contributed by atoms with Crippen LogP contribution in [0.4, 0.5) is 5.69 Å². The summed E-state index contributed by atoms with van der Waals surface area (Å²) in [5.74, 6) is 0.639. The Morgan fingerprint density at radius 3 is 2.13 bits per heavy atom. The molecule has 0 radical (unpaired) electrons. The maximum absolute atomic E-state index is 10.9. The molecule has 6 heteroatoms. The minimum absolute atomic E-state index is 0.0958. The molecule has 0 fully saturated rings. The van der Waals surface area contributed by atoms with Crippen molar-refractivity contribution in [2.24, 2.45) is 0 Å². The van der Waals surface area contributed by atoms with Crippen LogP contribution in [0.15, 0.2) is 36.9 Å². The van der Waals surface area contributed by atoms with Crippen LogP contribution in [0, 0.1) is 0 Å². The molecule has 23 heavy (non-hydrogen) atoms. The van der Waals surface area contributed by atoms with Crippen molar-refractivity contribution in [3.8, 4) is 5.75 Å². The van der Waals surface area contributed by atoms with Crippen molar-refractivity contribution in [3.63, 3.8) is 0 Å². The lowest BCUT2D eigenvalue weighted by Gasteiger charge is -2.08. The van der Waals surface area contributed by atoms with Gasteiger partial charge in [-0.05, 0) is 24.3 Å². The van der Waals surface area contributed by atoms with Crippen molar-refractivity contribution in [2.45, 2.75) is 6.92 Å². The van der Waals surface area contributed by atoms with E-state index in [0.717, 1.165) is 11.4 Å². The summed E-state index contributed by atoms with van der Waals surface area (Å²) in [6.07, 6.45) is 1.70. The summed E-state index contributed by atoms with van der Waals surface area (Å²) >= 11 is 0. The van der Waals surface area contributed by atoms with Crippen LogP contribution in [0.25, 0.3) is 0 Å². The molecule has 1 aromatic carbocycles. The van der Waals surface area contributed by atoms with E-state index < -0.39 is 0 Å². The molecule has 1 aromatic rings. The normalized spacial score (nSPS) is 10.3. The Labute approximate surface area is 137 Å². The summed E-state index contributed by atoms with van der Waals surface area (Å²) in [5, 5.41) is 2.70. The predicted molar refractivity (Wildman–Crippen MR) is 88.9 cm³/mol. The van der Waals surface area contributed by atoms with Gasteiger partial charge in [-0.15, -0.1) is 6.58 Å². The quantitative estimate of drug-likeness (QED) is 0.445. The van der Waals surface area contributed by atoms with Gasteiger partial charge in [0, 0.05) is 12.6 Å². The molecule has 0 atom stereocenters. The number of carbonyl (C=O) groups is 1. The van der Waals surface area contributed by atoms with Gasteiger partial charge in [0.15, 0.2) is 0 Å². The number of hydrogen-bond acceptors (Lipinski definition) is 5. The number of anilines is 1. The van der Waals surface area contributed by atoms with E-state index >= 15 is 0 Å². The van der Waals surface area contributed by atoms with Crippen LogP contribution >= 0.6 is 0 Å². The van der Waals surface area contributed by atoms with Crippen LogP contribution in [0.3, 0.4) is 0 Å². The number of carbonyl (C=O) groups excluding carboxylic acids is 1. The van der Waals surface area contributed by atoms with Gasteiger partial charge in [0.25, 0.3) is 0 Å². The Morgan fingerprint density at radius 1 is 1.00 bits per heavy atom. The summed E-state index contributed by atoms with van der Waals surface area (Å²) in [5.41, 5.74) is 0.746. The van der Waals surface area contributed by atoms with E-state index in [9.17, 15) is 4.79 Å². The van der Waals surface area contributed by atoms with E-state index in [4.69, 9.17) is 18.9 Å². The van der Waals surface area contributed by atoms with Gasteiger partial charge in [0.2, 0.25) is 5.91 Å². The highest BCUT2D eigenvalue weighted by atomic mass is 16.6. The van der Waals surface area contributed by atoms with Crippen molar-refractivity contribution in [2.75, 3.05) is 51.6 Å². The number of ether oxygens (including phenoxy) is 4. The van der Waals surface area contributed by atoms with Crippen molar-refractivity contribution < 1.29 is 23.7 Å². The SMILES string of the molecule is C=CCOCCOCCOCCOc1ccc(NC(C)=O)cc1. The van der Waals surface area contributed by atoms with Gasteiger partial charge >= 0.3 is 0 Å². The lowest BCUT2D eigenvalue weighted by atomic mass is 10.3. The molecule has 0 heterocycles. The fourth-order valence-corrected chi connectivity index (χ4v) is 1.66. The zero-order chi connectivity index (χ0) is 16.8. The van der Waals surface area contributed by atoms with Crippen LogP contribution in [0.5, 0.6) is 5.75 Å². The minimum Gasteiger partial charge on any atom is -0.491 e. The molecule has 0 aliphatic carbocycles. The van der Waals surface area contributed by atoms with Gasteiger partial charge in [0.05, 0.1) is 39.6 Å². The second-order valence-corrected chi connectivity index (χ2v) is 4.64. The van der Waals surface area contributed by atoms with Gasteiger partial charge in [-0.1, -0.05) is 6.08 Å². The van der Waals surface area contributed by atoms with Crippen LogP contribution in [-0.4, -0.2) is 52.2 Å². The third-order valence-corrected chi connectivity index (χ3v) is 2.65. The highest BCUT2D eigenvalue weighted by Crippen LogP contribution is 2.15. The van der Waals surface area contributed by atoms with E-state index in [-0.39, 0.29) is 5.91 Å². The molecular weight excluding hydrogens is 298 g/mol. The average Bonchev–Trinajstić information content (AvgIpc) is 2.53. The highest BCUT2D eigenvalue weighted by Gasteiger charge is 1.97. The predicted octanol–water partition coefficient (Wildman–Crippen LogP) is 2.26. The number of amides is 1. The molecule has 0 aromatic heterocycles. The summed E-state index contributed by atoms with van der Waals surface area (Å²) in [4.78, 5) is 10.9. The first-order valence-electron chi connectivity index (χ1n) is 7.57. The monoisotopic (exact) mass is 323 g/mol. The van der Waals surface area contributed by atoms with Crippen LogP contribution in [0.2, 0.25) is 0 Å². The highest BCUT2D eigenvalue weighted by molar-refractivity contribution is 5.88. The van der Waals surface area contributed by atoms with Crippen LogP contribution in [0.1, 0.15) is 6.92 Å². The largest absolute Gasteiger partial charge is 0.491 e. The van der Waals surface area contributed by atoms with E-state index in [2.05, 4.69) is 11.9 Å². The second-order valence-electron chi connectivity index (χ2n) is 4.64. The molecule has 128 valence electrons. The molecule has 6 nitrogen and oxygen atoms in total. The molecule has 0 aliphatic rings. The molecule has 0 unspecified atom stereocenters. The van der Waals surface area contributed by atoms with Gasteiger partial charge in [-0.2, -0.15) is 0 Å². The minimum atomic E-state index is -0.0958. The fraction of sp³-hybridized carbons (Fsp3) is 0.471. The van der Waals surface area contributed by atoms with Gasteiger partial charge in [-0.3, -0.25) is 4.79 Å². The zero-order valence-corrected chi connectivity index (χ0v) is 13.6. The van der Waals surface area contributed by atoms with Crippen molar-refractivity contribution >= 4 is 11.6 Å². The second kappa shape index (κ2) is 12.6. The third-order valence-electron chi connectivity index (χ3n) is 2.65. The van der Waals surface area contributed by atoms with Crippen LogP contribution < -0.4 is 10.1 Å². The van der Waals surface area contributed by atoms with Gasteiger partial charge in [0.1, 0.15) is 12.4 Å². The maximum Gasteiger partial charge on any atom is 0.221 e. The molecule has 1 amide bonds. The standard InChI is InChI=1S/C17H25NO5/c1-3-8-20-9-10-21-11-12-22-13-14-23-17-6-4-16(5-7-17)18-15(2)19/h3-7H,1,8-14H2,2H3,(H,18,19). The molecule has 1 rings (SSSR count). The zero-order valence-electron chi connectivity index (χ0n) is 13.6. The number of rotatable bonds is 13. The Bertz CT molecular complexity index is 447. The van der Waals surface area contributed by atoms with Crippen molar-refractivity contribution in [1.29, 1.82) is 0 Å². The first-order chi connectivity index (χ1) is 11.2. The van der Waals surface area contributed by atoms with E-state index in [0.29, 0.717) is 46.2 Å². The lowest BCUT2D eigenvalue weighted by molar-refractivity contribution is -0.114. The fourth-order valence-electron chi connectivity index (χ4n) is 1.66. The van der Waals surface area contributed by atoms with Gasteiger partial charge < -0.3 is 24.3 Å². The molecule has 0 saturated carbocycles. The van der Waals surface area contributed by atoms with E-state index in [1.807, 2.05) is 0 Å². The number of hydrogen-bond donors (Lipinski definition) is 1. The number of benzene rings is 1. The summed E-state index contributed by atoms with van der Waals surface area (Å²) in [6, 6.07) is 7.19. The van der Waals surface area contributed by atoms with E-state index in [1.165, 1.54) is 6.92 Å². The molecule has 0 spiro atoms. The molecule has 0 aliphatic heterocycles. The molecular formula is C17H25NO5. The van der Waals surface area contributed by atoms with Crippen molar-refractivity contribution in [3.05, 3.63) is 36.9 Å². The Hall–Kier alpha value is -1.89. The van der Waals surface area contributed by atoms with Gasteiger partial charge in [-0.25, -0.2) is 0 Å². The summed E-state index contributed by atoms with van der Waals surface area (Å²) in [7, 11) is 0. The molecule has 0 saturated heterocycles. The average molecular weight is 323 g/mol. The third kappa shape index (κ3) is 10.5. The first-order valence-corrected chi connectivity index (χ1v) is 7.57. The van der Waals surface area contributed by atoms with E-state index in [1.54, 1.807) is 30.3 Å². The maximum atomic E-state index is 10.9. The summed E-state index contributed by atoms with van der Waals surface area (Å²) < 4.78 is 21.4. The molecule has 0 bridgehead atoms. The summed E-state index contributed by atoms with van der Waals surface area (Å²) in [6.45, 7) is 8.69. The lowest BCUT2D eigenvalue weighted by Crippen LogP contribution is -2.12. The van der Waals surface area contributed by atoms with Crippen LogP contribution in [-0.2, 0) is 19.0 Å². The smallest absolute Gasteiger partial charge is 0.221 e.